The van der Waals surface area contributed by atoms with Crippen LogP contribution in [0.5, 0.6) is 0 Å². The van der Waals surface area contributed by atoms with Crippen molar-refractivity contribution in [2.75, 3.05) is 26.3 Å². The van der Waals surface area contributed by atoms with Gasteiger partial charge < -0.3 is 14.9 Å². The Labute approximate surface area is 139 Å². The SMILES string of the molecule is Cc1cccc(C2CCCN2CC(O)CC2(O)CCOCC2)c1. The number of aliphatic hydroxyl groups is 2. The van der Waals surface area contributed by atoms with Gasteiger partial charge in [-0.15, -0.1) is 0 Å². The minimum Gasteiger partial charge on any atom is -0.392 e. The normalized spacial score (nSPS) is 26.3. The van der Waals surface area contributed by atoms with Crippen molar-refractivity contribution in [3.8, 4) is 0 Å². The monoisotopic (exact) mass is 319 g/mol. The lowest BCUT2D eigenvalue weighted by Gasteiger charge is -2.35. The van der Waals surface area contributed by atoms with Crippen LogP contribution in [-0.4, -0.2) is 53.1 Å². The topological polar surface area (TPSA) is 52.9 Å². The van der Waals surface area contributed by atoms with E-state index in [1.54, 1.807) is 0 Å². The molecule has 4 heteroatoms. The fourth-order valence-corrected chi connectivity index (χ4v) is 4.03. The van der Waals surface area contributed by atoms with E-state index >= 15 is 0 Å². The first kappa shape index (κ1) is 16.9. The van der Waals surface area contributed by atoms with Gasteiger partial charge in [-0.3, -0.25) is 4.90 Å². The van der Waals surface area contributed by atoms with Gasteiger partial charge in [0.25, 0.3) is 0 Å². The van der Waals surface area contributed by atoms with E-state index in [1.807, 2.05) is 0 Å². The molecule has 1 aromatic rings. The maximum Gasteiger partial charge on any atom is 0.0716 e. The van der Waals surface area contributed by atoms with Crippen LogP contribution < -0.4 is 0 Å². The Hall–Kier alpha value is -0.940. The van der Waals surface area contributed by atoms with Gasteiger partial charge in [-0.1, -0.05) is 29.8 Å². The largest absolute Gasteiger partial charge is 0.392 e. The molecule has 2 atom stereocenters. The van der Waals surface area contributed by atoms with Crippen molar-refractivity contribution in [3.63, 3.8) is 0 Å². The molecular formula is C19H29NO3. The molecule has 2 N–H and O–H groups in total. The van der Waals surface area contributed by atoms with Crippen molar-refractivity contribution in [3.05, 3.63) is 35.4 Å². The Bertz CT molecular complexity index is 513. The van der Waals surface area contributed by atoms with Crippen LogP contribution in [0.2, 0.25) is 0 Å². The highest BCUT2D eigenvalue weighted by molar-refractivity contribution is 5.25. The molecular weight excluding hydrogens is 290 g/mol. The zero-order chi connectivity index (χ0) is 16.3. The van der Waals surface area contributed by atoms with E-state index in [2.05, 4.69) is 36.1 Å². The van der Waals surface area contributed by atoms with Crippen LogP contribution in [0, 0.1) is 6.92 Å². The molecule has 2 aliphatic heterocycles. The number of likely N-dealkylation sites (tertiary alicyclic amines) is 1. The molecule has 0 saturated carbocycles. The van der Waals surface area contributed by atoms with Gasteiger partial charge in [-0.25, -0.2) is 0 Å². The highest BCUT2D eigenvalue weighted by Gasteiger charge is 2.34. The number of hydrogen-bond donors (Lipinski definition) is 2. The van der Waals surface area contributed by atoms with Gasteiger partial charge in [0.05, 0.1) is 11.7 Å². The van der Waals surface area contributed by atoms with Crippen molar-refractivity contribution in [2.45, 2.75) is 56.8 Å². The number of aryl methyl sites for hydroxylation is 1. The summed E-state index contributed by atoms with van der Waals surface area (Å²) in [6, 6.07) is 9.07. The molecule has 3 rings (SSSR count). The molecule has 0 amide bonds. The average Bonchev–Trinajstić information content (AvgIpc) is 2.95. The van der Waals surface area contributed by atoms with Gasteiger partial charge in [-0.2, -0.15) is 0 Å². The molecule has 0 bridgehead atoms. The second-order valence-electron chi connectivity index (χ2n) is 7.26. The van der Waals surface area contributed by atoms with Crippen LogP contribution in [-0.2, 0) is 4.74 Å². The maximum absolute atomic E-state index is 10.6. The molecule has 2 heterocycles. The van der Waals surface area contributed by atoms with Gasteiger partial charge in [0.2, 0.25) is 0 Å². The lowest BCUT2D eigenvalue weighted by atomic mass is 9.88. The molecule has 128 valence electrons. The molecule has 23 heavy (non-hydrogen) atoms. The number of hydrogen-bond acceptors (Lipinski definition) is 4. The highest BCUT2D eigenvalue weighted by Crippen LogP contribution is 2.33. The summed E-state index contributed by atoms with van der Waals surface area (Å²) in [5.41, 5.74) is 1.88. The number of nitrogens with zero attached hydrogens (tertiary/aromatic N) is 1. The van der Waals surface area contributed by atoms with E-state index in [0.29, 0.717) is 45.1 Å². The number of rotatable bonds is 5. The molecule has 2 aliphatic rings. The van der Waals surface area contributed by atoms with Gasteiger partial charge in [0.15, 0.2) is 0 Å². The van der Waals surface area contributed by atoms with E-state index in [0.717, 1.165) is 13.0 Å². The van der Waals surface area contributed by atoms with Crippen molar-refractivity contribution in [1.29, 1.82) is 0 Å². The highest BCUT2D eigenvalue weighted by atomic mass is 16.5. The summed E-state index contributed by atoms with van der Waals surface area (Å²) in [7, 11) is 0. The van der Waals surface area contributed by atoms with E-state index in [-0.39, 0.29) is 0 Å². The molecule has 2 saturated heterocycles. The molecule has 0 radical (unpaired) electrons. The number of β-amino-alcohol motifs (C(OH)–C–C–N with tert-alkyl or cyclic N) is 1. The van der Waals surface area contributed by atoms with E-state index in [9.17, 15) is 10.2 Å². The molecule has 0 aliphatic carbocycles. The predicted octanol–water partition coefficient (Wildman–Crippen LogP) is 2.42. The van der Waals surface area contributed by atoms with E-state index in [4.69, 9.17) is 4.74 Å². The Morgan fingerprint density at radius 3 is 2.87 bits per heavy atom. The second kappa shape index (κ2) is 7.31. The quantitative estimate of drug-likeness (QED) is 0.875. The minimum atomic E-state index is -0.754. The Morgan fingerprint density at radius 2 is 2.13 bits per heavy atom. The molecule has 0 aromatic heterocycles. The first-order valence-electron chi connectivity index (χ1n) is 8.85. The Morgan fingerprint density at radius 1 is 1.35 bits per heavy atom. The fraction of sp³-hybridized carbons (Fsp3) is 0.684. The predicted molar refractivity (Wildman–Crippen MR) is 90.4 cm³/mol. The van der Waals surface area contributed by atoms with E-state index in [1.165, 1.54) is 17.5 Å². The van der Waals surface area contributed by atoms with Crippen molar-refractivity contribution < 1.29 is 14.9 Å². The van der Waals surface area contributed by atoms with Crippen LogP contribution in [0.25, 0.3) is 0 Å². The summed E-state index contributed by atoms with van der Waals surface area (Å²) in [6.07, 6.45) is 3.55. The third kappa shape index (κ3) is 4.32. The third-order valence-corrected chi connectivity index (χ3v) is 5.27. The zero-order valence-corrected chi connectivity index (χ0v) is 14.1. The van der Waals surface area contributed by atoms with Crippen LogP contribution in [0.4, 0.5) is 0 Å². The van der Waals surface area contributed by atoms with E-state index < -0.39 is 11.7 Å². The van der Waals surface area contributed by atoms with Crippen molar-refractivity contribution in [1.82, 2.24) is 4.90 Å². The Kier molecular flexibility index (Phi) is 5.37. The van der Waals surface area contributed by atoms with Crippen LogP contribution in [0.15, 0.2) is 24.3 Å². The summed E-state index contributed by atoms with van der Waals surface area (Å²) in [5, 5.41) is 21.1. The first-order valence-corrected chi connectivity index (χ1v) is 8.85. The van der Waals surface area contributed by atoms with Gasteiger partial charge >= 0.3 is 0 Å². The molecule has 4 nitrogen and oxygen atoms in total. The maximum atomic E-state index is 10.6. The van der Waals surface area contributed by atoms with Gasteiger partial charge in [0.1, 0.15) is 0 Å². The van der Waals surface area contributed by atoms with Crippen molar-refractivity contribution >= 4 is 0 Å². The lowest BCUT2D eigenvalue weighted by molar-refractivity contribution is -0.0897. The molecule has 2 unspecified atom stereocenters. The fourth-order valence-electron chi connectivity index (χ4n) is 4.03. The summed E-state index contributed by atoms with van der Waals surface area (Å²) >= 11 is 0. The smallest absolute Gasteiger partial charge is 0.0716 e. The summed E-state index contributed by atoms with van der Waals surface area (Å²) in [4.78, 5) is 2.38. The molecule has 0 spiro atoms. The van der Waals surface area contributed by atoms with Crippen molar-refractivity contribution in [2.24, 2.45) is 0 Å². The standard InChI is InChI=1S/C19H29NO3/c1-15-4-2-5-16(12-15)18-6-3-9-20(18)14-17(21)13-19(22)7-10-23-11-8-19/h2,4-5,12,17-18,21-22H,3,6-11,13-14H2,1H3. The second-order valence-corrected chi connectivity index (χ2v) is 7.26. The van der Waals surface area contributed by atoms with Gasteiger partial charge in [-0.05, 0) is 44.7 Å². The first-order chi connectivity index (χ1) is 11.1. The average molecular weight is 319 g/mol. The van der Waals surface area contributed by atoms with Gasteiger partial charge in [0, 0.05) is 32.2 Å². The number of ether oxygens (including phenoxy) is 1. The van der Waals surface area contributed by atoms with Crippen LogP contribution in [0.1, 0.15) is 49.3 Å². The summed E-state index contributed by atoms with van der Waals surface area (Å²) < 4.78 is 5.31. The summed E-state index contributed by atoms with van der Waals surface area (Å²) in [5.74, 6) is 0. The lowest BCUT2D eigenvalue weighted by Crippen LogP contribution is -2.42. The zero-order valence-electron chi connectivity index (χ0n) is 14.1. The van der Waals surface area contributed by atoms with Crippen LogP contribution >= 0.6 is 0 Å². The molecule has 1 aromatic carbocycles. The number of benzene rings is 1. The summed E-state index contributed by atoms with van der Waals surface area (Å²) in [6.45, 7) is 4.98. The third-order valence-electron chi connectivity index (χ3n) is 5.27. The minimum absolute atomic E-state index is 0.397. The Balaban J connectivity index is 1.59. The van der Waals surface area contributed by atoms with Crippen LogP contribution in [0.3, 0.4) is 0 Å². The number of aliphatic hydroxyl groups excluding tert-OH is 1. The molecule has 2 fully saturated rings.